The summed E-state index contributed by atoms with van der Waals surface area (Å²) in [6, 6.07) is 8.47. The van der Waals surface area contributed by atoms with Crippen molar-refractivity contribution in [3.63, 3.8) is 0 Å². The van der Waals surface area contributed by atoms with Gasteiger partial charge in [0.15, 0.2) is 9.84 Å². The van der Waals surface area contributed by atoms with E-state index in [0.717, 1.165) is 23.5 Å². The molecule has 1 heterocycles. The molecule has 6 heteroatoms. The summed E-state index contributed by atoms with van der Waals surface area (Å²) < 4.78 is 25.3. The molecular formula is C19H26N2O3S. The number of aryl methyl sites for hydroxylation is 1. The molecule has 0 fully saturated rings. The van der Waals surface area contributed by atoms with Gasteiger partial charge in [-0.05, 0) is 51.5 Å². The molecule has 0 aliphatic heterocycles. The van der Waals surface area contributed by atoms with Crippen LogP contribution < -0.4 is 0 Å². The molecule has 1 aromatic heterocycles. The first kappa shape index (κ1) is 19.2. The largest absolute Gasteiger partial charge is 0.349 e. The Morgan fingerprint density at radius 2 is 1.76 bits per heavy atom. The zero-order valence-corrected chi connectivity index (χ0v) is 16.5. The Kier molecular flexibility index (Phi) is 5.42. The average Bonchev–Trinajstić information content (AvgIpc) is 2.86. The van der Waals surface area contributed by atoms with Gasteiger partial charge in [-0.25, -0.2) is 8.42 Å². The molecular weight excluding hydrogens is 336 g/mol. The first-order valence-corrected chi connectivity index (χ1v) is 10.2. The minimum absolute atomic E-state index is 0.0347. The number of sulfone groups is 1. The van der Waals surface area contributed by atoms with E-state index in [-0.39, 0.29) is 16.8 Å². The van der Waals surface area contributed by atoms with Crippen molar-refractivity contribution in [2.24, 2.45) is 0 Å². The van der Waals surface area contributed by atoms with Gasteiger partial charge in [0, 0.05) is 31.2 Å². The number of amides is 1. The highest BCUT2D eigenvalue weighted by atomic mass is 32.2. The number of aromatic nitrogens is 1. The van der Waals surface area contributed by atoms with Gasteiger partial charge in [0.05, 0.1) is 16.5 Å². The molecule has 1 amide bonds. The predicted octanol–water partition coefficient (Wildman–Crippen LogP) is 3.36. The normalized spacial score (nSPS) is 12.9. The van der Waals surface area contributed by atoms with Gasteiger partial charge >= 0.3 is 0 Å². The standard InChI is InChI=1S/C19H26N2O3S/c1-7-21-13(2)12-18(15(21)4)19(22)20(5)14(3)16-8-10-17(11-9-16)25(6,23)24/h8-12,14H,7H2,1-6H3. The molecule has 5 nitrogen and oxygen atoms in total. The zero-order valence-electron chi connectivity index (χ0n) is 15.7. The van der Waals surface area contributed by atoms with Crippen LogP contribution in [0, 0.1) is 13.8 Å². The van der Waals surface area contributed by atoms with Gasteiger partial charge < -0.3 is 9.47 Å². The van der Waals surface area contributed by atoms with Crippen LogP contribution >= 0.6 is 0 Å². The molecule has 0 aliphatic carbocycles. The Labute approximate surface area is 150 Å². The lowest BCUT2D eigenvalue weighted by atomic mass is 10.1. The van der Waals surface area contributed by atoms with E-state index in [9.17, 15) is 13.2 Å². The first-order chi connectivity index (χ1) is 11.6. The van der Waals surface area contributed by atoms with Crippen LogP contribution in [0.3, 0.4) is 0 Å². The Balaban J connectivity index is 2.27. The van der Waals surface area contributed by atoms with E-state index in [1.165, 1.54) is 6.26 Å². The van der Waals surface area contributed by atoms with E-state index in [0.29, 0.717) is 5.56 Å². The van der Waals surface area contributed by atoms with Crippen molar-refractivity contribution in [2.45, 2.75) is 45.2 Å². The molecule has 1 atom stereocenters. The molecule has 0 spiro atoms. The third kappa shape index (κ3) is 3.79. The fraction of sp³-hybridized carbons (Fsp3) is 0.421. The van der Waals surface area contributed by atoms with Gasteiger partial charge in [-0.1, -0.05) is 12.1 Å². The Morgan fingerprint density at radius 3 is 2.20 bits per heavy atom. The highest BCUT2D eigenvalue weighted by Gasteiger charge is 2.23. The maximum Gasteiger partial charge on any atom is 0.255 e. The van der Waals surface area contributed by atoms with Gasteiger partial charge in [0.2, 0.25) is 0 Å². The van der Waals surface area contributed by atoms with Gasteiger partial charge in [-0.2, -0.15) is 0 Å². The van der Waals surface area contributed by atoms with Gasteiger partial charge in [-0.15, -0.1) is 0 Å². The molecule has 0 saturated heterocycles. The van der Waals surface area contributed by atoms with Crippen LogP contribution in [0.1, 0.15) is 47.2 Å². The summed E-state index contributed by atoms with van der Waals surface area (Å²) >= 11 is 0. The van der Waals surface area contributed by atoms with Crippen LogP contribution in [0.15, 0.2) is 35.2 Å². The van der Waals surface area contributed by atoms with Crippen molar-refractivity contribution >= 4 is 15.7 Å². The van der Waals surface area contributed by atoms with E-state index in [4.69, 9.17) is 0 Å². The fourth-order valence-corrected chi connectivity index (χ4v) is 3.72. The third-order valence-corrected chi connectivity index (χ3v) is 5.94. The van der Waals surface area contributed by atoms with Crippen LogP contribution in [0.5, 0.6) is 0 Å². The van der Waals surface area contributed by atoms with Crippen LogP contribution in [0.2, 0.25) is 0 Å². The van der Waals surface area contributed by atoms with Gasteiger partial charge in [-0.3, -0.25) is 4.79 Å². The van der Waals surface area contributed by atoms with Crippen LogP contribution in [-0.4, -0.2) is 37.1 Å². The average molecular weight is 362 g/mol. The summed E-state index contributed by atoms with van der Waals surface area (Å²) in [6.45, 7) is 8.79. The highest BCUT2D eigenvalue weighted by molar-refractivity contribution is 7.90. The second kappa shape index (κ2) is 7.04. The molecule has 0 bridgehead atoms. The van der Waals surface area contributed by atoms with Crippen LogP contribution in [0.4, 0.5) is 0 Å². The van der Waals surface area contributed by atoms with E-state index in [2.05, 4.69) is 11.5 Å². The maximum atomic E-state index is 12.9. The molecule has 1 aromatic carbocycles. The van der Waals surface area contributed by atoms with E-state index in [1.54, 1.807) is 36.2 Å². The summed E-state index contributed by atoms with van der Waals surface area (Å²) in [7, 11) is -1.45. The first-order valence-electron chi connectivity index (χ1n) is 8.31. The van der Waals surface area contributed by atoms with Crippen LogP contribution in [-0.2, 0) is 16.4 Å². The molecule has 0 radical (unpaired) electrons. The second-order valence-corrected chi connectivity index (χ2v) is 8.48. The summed E-state index contributed by atoms with van der Waals surface area (Å²) in [6.07, 6.45) is 1.19. The van der Waals surface area contributed by atoms with Crippen LogP contribution in [0.25, 0.3) is 0 Å². The van der Waals surface area contributed by atoms with Crippen molar-refractivity contribution in [1.29, 1.82) is 0 Å². The van der Waals surface area contributed by atoms with Crippen molar-refractivity contribution in [1.82, 2.24) is 9.47 Å². The lowest BCUT2D eigenvalue weighted by Gasteiger charge is -2.25. The number of rotatable bonds is 5. The Morgan fingerprint density at radius 1 is 1.20 bits per heavy atom. The summed E-state index contributed by atoms with van der Waals surface area (Å²) in [4.78, 5) is 14.9. The fourth-order valence-electron chi connectivity index (χ4n) is 3.09. The number of carbonyl (C=O) groups is 1. The lowest BCUT2D eigenvalue weighted by molar-refractivity contribution is 0.0741. The smallest absolute Gasteiger partial charge is 0.255 e. The quantitative estimate of drug-likeness (QED) is 0.819. The van der Waals surface area contributed by atoms with E-state index in [1.807, 2.05) is 26.8 Å². The van der Waals surface area contributed by atoms with Crippen molar-refractivity contribution < 1.29 is 13.2 Å². The van der Waals surface area contributed by atoms with Crippen molar-refractivity contribution in [2.75, 3.05) is 13.3 Å². The number of benzene rings is 1. The summed E-state index contributed by atoms with van der Waals surface area (Å²) in [5.74, 6) is -0.0347. The van der Waals surface area contributed by atoms with Gasteiger partial charge in [0.25, 0.3) is 5.91 Å². The minimum atomic E-state index is -3.22. The molecule has 136 valence electrons. The molecule has 25 heavy (non-hydrogen) atoms. The summed E-state index contributed by atoms with van der Waals surface area (Å²) in [5.41, 5.74) is 3.65. The van der Waals surface area contributed by atoms with Crippen molar-refractivity contribution in [3.8, 4) is 0 Å². The van der Waals surface area contributed by atoms with E-state index < -0.39 is 9.84 Å². The topological polar surface area (TPSA) is 59.4 Å². The van der Waals surface area contributed by atoms with Crippen molar-refractivity contribution in [3.05, 3.63) is 52.8 Å². The van der Waals surface area contributed by atoms with Gasteiger partial charge in [0.1, 0.15) is 0 Å². The molecule has 2 rings (SSSR count). The Bertz CT molecular complexity index is 880. The number of carbonyl (C=O) groups excluding carboxylic acids is 1. The SMILES string of the molecule is CCn1c(C)cc(C(=O)N(C)C(C)c2ccc(S(C)(=O)=O)cc2)c1C. The molecule has 2 aromatic rings. The molecule has 1 unspecified atom stereocenters. The minimum Gasteiger partial charge on any atom is -0.349 e. The molecule has 0 saturated carbocycles. The molecule has 0 aliphatic rings. The molecule has 0 N–H and O–H groups in total. The number of hydrogen-bond donors (Lipinski definition) is 0. The maximum absolute atomic E-state index is 12.9. The van der Waals surface area contributed by atoms with E-state index >= 15 is 0 Å². The third-order valence-electron chi connectivity index (χ3n) is 4.81. The second-order valence-electron chi connectivity index (χ2n) is 6.46. The lowest BCUT2D eigenvalue weighted by Crippen LogP contribution is -2.30. The summed E-state index contributed by atoms with van der Waals surface area (Å²) in [5, 5.41) is 0. The Hall–Kier alpha value is -2.08. The zero-order chi connectivity index (χ0) is 18.9. The number of hydrogen-bond acceptors (Lipinski definition) is 3. The highest BCUT2D eigenvalue weighted by Crippen LogP contribution is 2.24. The monoisotopic (exact) mass is 362 g/mol. The predicted molar refractivity (Wildman–Crippen MR) is 99.6 cm³/mol. The number of nitrogens with zero attached hydrogens (tertiary/aromatic N) is 2.